The summed E-state index contributed by atoms with van der Waals surface area (Å²) in [5.74, 6) is 2.45. The minimum atomic E-state index is 0.217. The number of benzene rings is 2. The van der Waals surface area contributed by atoms with Crippen LogP contribution in [0.3, 0.4) is 0 Å². The zero-order valence-electron chi connectivity index (χ0n) is 14.9. The summed E-state index contributed by atoms with van der Waals surface area (Å²) in [5.41, 5.74) is 2.26. The summed E-state index contributed by atoms with van der Waals surface area (Å²) >= 11 is 1.45. The number of aromatic nitrogens is 2. The Hall–Kier alpha value is -2.60. The normalized spacial score (nSPS) is 16.7. The first-order valence-electron chi connectivity index (χ1n) is 8.68. The van der Waals surface area contributed by atoms with Crippen LogP contribution in [-0.4, -0.2) is 30.1 Å². The van der Waals surface area contributed by atoms with Gasteiger partial charge in [-0.15, -0.1) is 0 Å². The van der Waals surface area contributed by atoms with E-state index < -0.39 is 0 Å². The Balaban J connectivity index is 1.65. The third kappa shape index (κ3) is 3.12. The highest BCUT2D eigenvalue weighted by atomic mass is 32.1. The summed E-state index contributed by atoms with van der Waals surface area (Å²) in [6.45, 7) is 0.949. The van der Waals surface area contributed by atoms with Gasteiger partial charge in [-0.05, 0) is 36.5 Å². The number of hydrogen-bond acceptors (Lipinski definition) is 6. The number of anilines is 1. The molecule has 26 heavy (non-hydrogen) atoms. The van der Waals surface area contributed by atoms with Crippen molar-refractivity contribution in [1.29, 1.82) is 0 Å². The molecule has 0 bridgehead atoms. The van der Waals surface area contributed by atoms with Crippen molar-refractivity contribution in [3.63, 3.8) is 0 Å². The lowest BCUT2D eigenvalue weighted by molar-refractivity contribution is 0.388. The van der Waals surface area contributed by atoms with Gasteiger partial charge in [-0.3, -0.25) is 0 Å². The van der Waals surface area contributed by atoms with Crippen LogP contribution in [0.1, 0.15) is 24.4 Å². The summed E-state index contributed by atoms with van der Waals surface area (Å²) < 4.78 is 15.6. The summed E-state index contributed by atoms with van der Waals surface area (Å²) in [4.78, 5) is 7.08. The molecule has 2 aromatic carbocycles. The minimum absolute atomic E-state index is 0.217. The zero-order valence-corrected chi connectivity index (χ0v) is 15.7. The maximum absolute atomic E-state index is 5.61. The van der Waals surface area contributed by atoms with Crippen LogP contribution in [-0.2, 0) is 0 Å². The monoisotopic (exact) mass is 367 g/mol. The van der Waals surface area contributed by atoms with E-state index in [1.165, 1.54) is 11.5 Å². The molecule has 1 fully saturated rings. The lowest BCUT2D eigenvalue weighted by atomic mass is 10.0. The average Bonchev–Trinajstić information content (AvgIpc) is 3.37. The van der Waals surface area contributed by atoms with Crippen LogP contribution in [0, 0.1) is 0 Å². The summed E-state index contributed by atoms with van der Waals surface area (Å²) in [6.07, 6.45) is 2.17. The molecule has 5 nitrogen and oxygen atoms in total. The van der Waals surface area contributed by atoms with Crippen LogP contribution in [0.2, 0.25) is 0 Å². The SMILES string of the molecule is COc1ccc(C2CCCN2c2nsc(-c3ccccc3)n2)c(OC)c1. The highest BCUT2D eigenvalue weighted by molar-refractivity contribution is 7.09. The maximum atomic E-state index is 5.61. The highest BCUT2D eigenvalue weighted by Gasteiger charge is 2.31. The maximum Gasteiger partial charge on any atom is 0.238 e. The topological polar surface area (TPSA) is 47.5 Å². The number of hydrogen-bond donors (Lipinski definition) is 0. The predicted octanol–water partition coefficient (Wildman–Crippen LogP) is 4.56. The largest absolute Gasteiger partial charge is 0.497 e. The summed E-state index contributed by atoms with van der Waals surface area (Å²) in [6, 6.07) is 16.4. The van der Waals surface area contributed by atoms with Gasteiger partial charge in [0.15, 0.2) is 0 Å². The Morgan fingerprint density at radius 2 is 1.92 bits per heavy atom. The first kappa shape index (κ1) is 16.8. The van der Waals surface area contributed by atoms with Crippen molar-refractivity contribution >= 4 is 17.5 Å². The smallest absolute Gasteiger partial charge is 0.238 e. The van der Waals surface area contributed by atoms with Crippen molar-refractivity contribution in [1.82, 2.24) is 9.36 Å². The molecule has 1 aliphatic heterocycles. The molecule has 1 aliphatic rings. The summed E-state index contributed by atoms with van der Waals surface area (Å²) in [5, 5.41) is 0.952. The second-order valence-electron chi connectivity index (χ2n) is 6.22. The standard InChI is InChI=1S/C20H21N3O2S/c1-24-15-10-11-16(18(13-15)25-2)17-9-6-12-23(17)20-21-19(26-22-20)14-7-4-3-5-8-14/h3-5,7-8,10-11,13,17H,6,9,12H2,1-2H3. The van der Waals surface area contributed by atoms with Gasteiger partial charge in [0.25, 0.3) is 0 Å². The Morgan fingerprint density at radius 1 is 1.08 bits per heavy atom. The fraction of sp³-hybridized carbons (Fsp3) is 0.300. The fourth-order valence-corrected chi connectivity index (χ4v) is 4.13. The van der Waals surface area contributed by atoms with Crippen molar-refractivity contribution in [2.45, 2.75) is 18.9 Å². The molecule has 1 unspecified atom stereocenters. The van der Waals surface area contributed by atoms with E-state index in [0.717, 1.165) is 53.0 Å². The third-order valence-electron chi connectivity index (χ3n) is 4.75. The van der Waals surface area contributed by atoms with Gasteiger partial charge < -0.3 is 14.4 Å². The van der Waals surface area contributed by atoms with Gasteiger partial charge in [0.2, 0.25) is 5.95 Å². The van der Waals surface area contributed by atoms with E-state index in [9.17, 15) is 0 Å². The molecular formula is C20H21N3O2S. The Kier molecular flexibility index (Phi) is 4.75. The van der Waals surface area contributed by atoms with Crippen LogP contribution < -0.4 is 14.4 Å². The van der Waals surface area contributed by atoms with Crippen LogP contribution in [0.5, 0.6) is 11.5 Å². The van der Waals surface area contributed by atoms with Gasteiger partial charge >= 0.3 is 0 Å². The van der Waals surface area contributed by atoms with E-state index in [1.54, 1.807) is 14.2 Å². The fourth-order valence-electron chi connectivity index (χ4n) is 3.45. The van der Waals surface area contributed by atoms with E-state index in [4.69, 9.17) is 14.5 Å². The first-order chi connectivity index (χ1) is 12.8. The van der Waals surface area contributed by atoms with E-state index >= 15 is 0 Å². The lowest BCUT2D eigenvalue weighted by Gasteiger charge is -2.25. The predicted molar refractivity (Wildman–Crippen MR) is 104 cm³/mol. The molecule has 1 saturated heterocycles. The van der Waals surface area contributed by atoms with E-state index in [-0.39, 0.29) is 6.04 Å². The van der Waals surface area contributed by atoms with E-state index in [1.807, 2.05) is 30.3 Å². The van der Waals surface area contributed by atoms with Crippen molar-refractivity contribution in [2.24, 2.45) is 0 Å². The molecule has 0 radical (unpaired) electrons. The van der Waals surface area contributed by atoms with Gasteiger partial charge in [-0.25, -0.2) is 0 Å². The minimum Gasteiger partial charge on any atom is -0.497 e. The molecule has 0 spiro atoms. The first-order valence-corrected chi connectivity index (χ1v) is 9.45. The molecule has 134 valence electrons. The molecule has 0 N–H and O–H groups in total. The molecule has 2 heterocycles. The number of methoxy groups -OCH3 is 2. The van der Waals surface area contributed by atoms with Gasteiger partial charge in [0, 0.05) is 23.7 Å². The van der Waals surface area contributed by atoms with Gasteiger partial charge in [-0.1, -0.05) is 30.3 Å². The molecule has 0 amide bonds. The Morgan fingerprint density at radius 3 is 2.69 bits per heavy atom. The molecular weight excluding hydrogens is 346 g/mol. The van der Waals surface area contributed by atoms with Gasteiger partial charge in [0.1, 0.15) is 16.5 Å². The van der Waals surface area contributed by atoms with Crippen molar-refractivity contribution in [3.05, 3.63) is 54.1 Å². The highest BCUT2D eigenvalue weighted by Crippen LogP contribution is 2.41. The molecule has 0 aliphatic carbocycles. The number of ether oxygens (including phenoxy) is 2. The van der Waals surface area contributed by atoms with E-state index in [2.05, 4.69) is 27.5 Å². The summed E-state index contributed by atoms with van der Waals surface area (Å²) in [7, 11) is 3.37. The zero-order chi connectivity index (χ0) is 17.9. The van der Waals surface area contributed by atoms with Crippen LogP contribution in [0.4, 0.5) is 5.95 Å². The Labute approximate surface area is 157 Å². The van der Waals surface area contributed by atoms with Gasteiger partial charge in [0.05, 0.1) is 20.3 Å². The number of rotatable bonds is 5. The molecule has 1 aromatic heterocycles. The van der Waals surface area contributed by atoms with Crippen molar-refractivity contribution in [2.75, 3.05) is 25.7 Å². The molecule has 1 atom stereocenters. The van der Waals surface area contributed by atoms with Crippen LogP contribution >= 0.6 is 11.5 Å². The second kappa shape index (κ2) is 7.33. The third-order valence-corrected chi connectivity index (χ3v) is 5.50. The van der Waals surface area contributed by atoms with Crippen LogP contribution in [0.25, 0.3) is 10.6 Å². The average molecular weight is 367 g/mol. The molecule has 3 aromatic rings. The Bertz CT molecular complexity index is 882. The van der Waals surface area contributed by atoms with Gasteiger partial charge in [-0.2, -0.15) is 9.36 Å². The van der Waals surface area contributed by atoms with Crippen molar-refractivity contribution in [3.8, 4) is 22.1 Å². The van der Waals surface area contributed by atoms with Crippen LogP contribution in [0.15, 0.2) is 48.5 Å². The van der Waals surface area contributed by atoms with Crippen molar-refractivity contribution < 1.29 is 9.47 Å². The molecule has 4 rings (SSSR count). The second-order valence-corrected chi connectivity index (χ2v) is 6.98. The quantitative estimate of drug-likeness (QED) is 0.661. The van der Waals surface area contributed by atoms with E-state index in [0.29, 0.717) is 0 Å². The number of nitrogens with zero attached hydrogens (tertiary/aromatic N) is 3. The molecule has 6 heteroatoms. The lowest BCUT2D eigenvalue weighted by Crippen LogP contribution is -2.24. The molecule has 0 saturated carbocycles.